The molecule has 1 N–H and O–H groups in total. The Bertz CT molecular complexity index is 412. The maximum atomic E-state index is 6.36. The standard InChI is InChI=1S/C18H30ClNO/c1-14(2)12-20-13-15(10-11-21-18(3,4)5)16-8-6-7-9-17(16)19/h6-9,14-15,20H,10-13H2,1-5H3. The van der Waals surface area contributed by atoms with Crippen molar-refractivity contribution in [3.63, 3.8) is 0 Å². The Kier molecular flexibility index (Phi) is 7.72. The highest BCUT2D eigenvalue weighted by molar-refractivity contribution is 6.31. The van der Waals surface area contributed by atoms with Crippen molar-refractivity contribution >= 4 is 11.6 Å². The van der Waals surface area contributed by atoms with Crippen LogP contribution in [-0.4, -0.2) is 25.3 Å². The molecule has 0 saturated heterocycles. The second-order valence-electron chi connectivity index (χ2n) is 7.02. The van der Waals surface area contributed by atoms with E-state index < -0.39 is 0 Å². The first kappa shape index (κ1) is 18.5. The van der Waals surface area contributed by atoms with Crippen LogP contribution >= 0.6 is 11.6 Å². The second-order valence-corrected chi connectivity index (χ2v) is 7.43. The van der Waals surface area contributed by atoms with E-state index >= 15 is 0 Å². The van der Waals surface area contributed by atoms with Crippen LogP contribution in [0.2, 0.25) is 5.02 Å². The van der Waals surface area contributed by atoms with Crippen molar-refractivity contribution in [3.8, 4) is 0 Å². The average Bonchev–Trinajstić information content (AvgIpc) is 2.36. The molecule has 21 heavy (non-hydrogen) atoms. The molecule has 0 aromatic heterocycles. The number of hydrogen-bond donors (Lipinski definition) is 1. The van der Waals surface area contributed by atoms with E-state index in [4.69, 9.17) is 16.3 Å². The Morgan fingerprint density at radius 2 is 1.81 bits per heavy atom. The van der Waals surface area contributed by atoms with Gasteiger partial charge in [0.1, 0.15) is 0 Å². The first-order valence-corrected chi connectivity index (χ1v) is 8.26. The van der Waals surface area contributed by atoms with Crippen molar-refractivity contribution in [3.05, 3.63) is 34.9 Å². The summed E-state index contributed by atoms with van der Waals surface area (Å²) in [6, 6.07) is 8.13. The minimum Gasteiger partial charge on any atom is -0.376 e. The molecule has 0 aliphatic carbocycles. The van der Waals surface area contributed by atoms with Crippen molar-refractivity contribution in [2.45, 2.75) is 52.6 Å². The summed E-state index contributed by atoms with van der Waals surface area (Å²) < 4.78 is 5.88. The van der Waals surface area contributed by atoms with Crippen molar-refractivity contribution < 1.29 is 4.74 Å². The van der Waals surface area contributed by atoms with Crippen LogP contribution in [0.4, 0.5) is 0 Å². The summed E-state index contributed by atoms with van der Waals surface area (Å²) in [5, 5.41) is 4.40. The first-order chi connectivity index (χ1) is 9.79. The van der Waals surface area contributed by atoms with Gasteiger partial charge in [-0.05, 0) is 57.2 Å². The van der Waals surface area contributed by atoms with E-state index in [0.29, 0.717) is 11.8 Å². The van der Waals surface area contributed by atoms with Gasteiger partial charge in [0.15, 0.2) is 0 Å². The topological polar surface area (TPSA) is 21.3 Å². The lowest BCUT2D eigenvalue weighted by atomic mass is 9.95. The number of ether oxygens (including phenoxy) is 1. The van der Waals surface area contributed by atoms with Gasteiger partial charge in [0.2, 0.25) is 0 Å². The van der Waals surface area contributed by atoms with Crippen molar-refractivity contribution in [2.24, 2.45) is 5.92 Å². The zero-order valence-electron chi connectivity index (χ0n) is 14.1. The normalized spacial score (nSPS) is 13.7. The van der Waals surface area contributed by atoms with Crippen LogP contribution in [0.1, 0.15) is 52.5 Å². The monoisotopic (exact) mass is 311 g/mol. The molecule has 0 aliphatic heterocycles. The van der Waals surface area contributed by atoms with E-state index in [1.54, 1.807) is 0 Å². The quantitative estimate of drug-likeness (QED) is 0.739. The van der Waals surface area contributed by atoms with Crippen LogP contribution < -0.4 is 5.32 Å². The Balaban J connectivity index is 2.64. The molecule has 0 saturated carbocycles. The lowest BCUT2D eigenvalue weighted by molar-refractivity contribution is -0.00623. The van der Waals surface area contributed by atoms with Crippen LogP contribution in [0.15, 0.2) is 24.3 Å². The molecule has 0 radical (unpaired) electrons. The molecule has 0 amide bonds. The molecule has 0 spiro atoms. The third-order valence-electron chi connectivity index (χ3n) is 3.29. The maximum absolute atomic E-state index is 6.36. The third kappa shape index (κ3) is 7.85. The summed E-state index contributed by atoms with van der Waals surface area (Å²) in [5.74, 6) is 1.04. The van der Waals surface area contributed by atoms with Gasteiger partial charge in [0, 0.05) is 18.2 Å². The molecule has 3 heteroatoms. The highest BCUT2D eigenvalue weighted by Crippen LogP contribution is 2.27. The van der Waals surface area contributed by atoms with Crippen molar-refractivity contribution in [2.75, 3.05) is 19.7 Å². The van der Waals surface area contributed by atoms with E-state index in [-0.39, 0.29) is 5.60 Å². The molecule has 1 unspecified atom stereocenters. The zero-order valence-corrected chi connectivity index (χ0v) is 14.8. The van der Waals surface area contributed by atoms with Crippen LogP contribution in [0, 0.1) is 5.92 Å². The predicted octanol–water partition coefficient (Wildman–Crippen LogP) is 4.87. The lowest BCUT2D eigenvalue weighted by Gasteiger charge is -2.24. The van der Waals surface area contributed by atoms with Gasteiger partial charge in [0.05, 0.1) is 5.60 Å². The molecule has 120 valence electrons. The molecule has 0 bridgehead atoms. The Morgan fingerprint density at radius 1 is 1.14 bits per heavy atom. The van der Waals surface area contributed by atoms with Crippen LogP contribution in [0.25, 0.3) is 0 Å². The van der Waals surface area contributed by atoms with E-state index in [9.17, 15) is 0 Å². The maximum Gasteiger partial charge on any atom is 0.0598 e. The van der Waals surface area contributed by atoms with Gasteiger partial charge in [-0.1, -0.05) is 43.6 Å². The van der Waals surface area contributed by atoms with Gasteiger partial charge >= 0.3 is 0 Å². The number of hydrogen-bond acceptors (Lipinski definition) is 2. The van der Waals surface area contributed by atoms with Gasteiger partial charge in [-0.3, -0.25) is 0 Å². The summed E-state index contributed by atoms with van der Waals surface area (Å²) >= 11 is 6.36. The highest BCUT2D eigenvalue weighted by atomic mass is 35.5. The highest BCUT2D eigenvalue weighted by Gasteiger charge is 2.17. The smallest absolute Gasteiger partial charge is 0.0598 e. The molecular weight excluding hydrogens is 282 g/mol. The first-order valence-electron chi connectivity index (χ1n) is 7.88. The fourth-order valence-electron chi connectivity index (χ4n) is 2.23. The minimum atomic E-state index is -0.0869. The van der Waals surface area contributed by atoms with Crippen molar-refractivity contribution in [1.82, 2.24) is 5.32 Å². The van der Waals surface area contributed by atoms with E-state index in [2.05, 4.69) is 52.1 Å². The SMILES string of the molecule is CC(C)CNCC(CCOC(C)(C)C)c1ccccc1Cl. The van der Waals surface area contributed by atoms with E-state index in [0.717, 1.165) is 31.1 Å². The Hall–Kier alpha value is -0.570. The predicted molar refractivity (Wildman–Crippen MR) is 92.2 cm³/mol. The summed E-state index contributed by atoms with van der Waals surface area (Å²) in [4.78, 5) is 0. The number of benzene rings is 1. The molecular formula is C18H30ClNO. The number of nitrogens with one attached hydrogen (secondary N) is 1. The summed E-state index contributed by atoms with van der Waals surface area (Å²) in [5.41, 5.74) is 1.13. The van der Waals surface area contributed by atoms with Gasteiger partial charge in [0.25, 0.3) is 0 Å². The van der Waals surface area contributed by atoms with Gasteiger partial charge in [-0.2, -0.15) is 0 Å². The zero-order chi connectivity index (χ0) is 15.9. The van der Waals surface area contributed by atoms with Crippen molar-refractivity contribution in [1.29, 1.82) is 0 Å². The number of rotatable bonds is 8. The fourth-order valence-corrected chi connectivity index (χ4v) is 2.52. The van der Waals surface area contributed by atoms with Crippen LogP contribution in [0.3, 0.4) is 0 Å². The summed E-state index contributed by atoms with van der Waals surface area (Å²) in [6.45, 7) is 13.4. The average molecular weight is 312 g/mol. The van der Waals surface area contributed by atoms with Gasteiger partial charge in [-0.15, -0.1) is 0 Å². The molecule has 0 aliphatic rings. The molecule has 1 rings (SSSR count). The van der Waals surface area contributed by atoms with Gasteiger partial charge < -0.3 is 10.1 Å². The largest absolute Gasteiger partial charge is 0.376 e. The van der Waals surface area contributed by atoms with Crippen LogP contribution in [0.5, 0.6) is 0 Å². The van der Waals surface area contributed by atoms with Gasteiger partial charge in [-0.25, -0.2) is 0 Å². The Labute approximate surface area is 135 Å². The van der Waals surface area contributed by atoms with Crippen LogP contribution in [-0.2, 0) is 4.74 Å². The molecule has 1 aromatic rings. The lowest BCUT2D eigenvalue weighted by Crippen LogP contribution is -2.27. The van der Waals surface area contributed by atoms with E-state index in [1.807, 2.05) is 12.1 Å². The minimum absolute atomic E-state index is 0.0869. The number of halogens is 1. The third-order valence-corrected chi connectivity index (χ3v) is 3.63. The molecule has 1 aromatic carbocycles. The fraction of sp³-hybridized carbons (Fsp3) is 0.667. The molecule has 0 heterocycles. The summed E-state index contributed by atoms with van der Waals surface area (Å²) in [7, 11) is 0. The Morgan fingerprint density at radius 3 is 2.38 bits per heavy atom. The van der Waals surface area contributed by atoms with E-state index in [1.165, 1.54) is 5.56 Å². The molecule has 0 fully saturated rings. The second kappa shape index (κ2) is 8.77. The summed E-state index contributed by atoms with van der Waals surface area (Å²) in [6.07, 6.45) is 0.978. The molecule has 1 atom stereocenters. The molecule has 2 nitrogen and oxygen atoms in total.